The van der Waals surface area contributed by atoms with Crippen LogP contribution >= 0.6 is 0 Å². The van der Waals surface area contributed by atoms with Gasteiger partial charge in [0.1, 0.15) is 11.9 Å². The fourth-order valence-corrected chi connectivity index (χ4v) is 3.06. The van der Waals surface area contributed by atoms with Gasteiger partial charge in [0, 0.05) is 25.3 Å². The fraction of sp³-hybridized carbons (Fsp3) is 0.316. The minimum Gasteiger partial charge on any atom is -0.459 e. The predicted molar refractivity (Wildman–Crippen MR) is 98.3 cm³/mol. The van der Waals surface area contributed by atoms with Crippen LogP contribution in [0.4, 0.5) is 5.69 Å². The van der Waals surface area contributed by atoms with Gasteiger partial charge in [-0.25, -0.2) is 4.98 Å². The van der Waals surface area contributed by atoms with E-state index >= 15 is 0 Å². The Morgan fingerprint density at radius 1 is 1.30 bits per heavy atom. The van der Waals surface area contributed by atoms with Gasteiger partial charge in [-0.2, -0.15) is 0 Å². The fourth-order valence-electron chi connectivity index (χ4n) is 3.06. The van der Waals surface area contributed by atoms with Crippen LogP contribution < -0.4 is 10.6 Å². The SMILES string of the molecule is O=C(CCNC(=O)c1ccco1)Nc1ccc2nc(C3CCCO3)[nH]c2c1. The number of hydrogen-bond donors (Lipinski definition) is 3. The lowest BCUT2D eigenvalue weighted by atomic mass is 10.2. The van der Waals surface area contributed by atoms with Crippen LogP contribution in [0.1, 0.15) is 41.7 Å². The molecule has 3 aromatic rings. The highest BCUT2D eigenvalue weighted by Crippen LogP contribution is 2.28. The number of benzene rings is 1. The monoisotopic (exact) mass is 368 g/mol. The van der Waals surface area contributed by atoms with Crippen LogP contribution in [-0.2, 0) is 9.53 Å². The number of hydrogen-bond acceptors (Lipinski definition) is 5. The van der Waals surface area contributed by atoms with Crippen molar-refractivity contribution in [3.63, 3.8) is 0 Å². The first-order chi connectivity index (χ1) is 13.2. The van der Waals surface area contributed by atoms with Crippen molar-refractivity contribution < 1.29 is 18.7 Å². The Morgan fingerprint density at radius 2 is 2.22 bits per heavy atom. The number of nitrogens with zero attached hydrogens (tertiary/aromatic N) is 1. The molecule has 0 saturated carbocycles. The van der Waals surface area contributed by atoms with Crippen molar-refractivity contribution in [2.45, 2.75) is 25.4 Å². The molecule has 2 amide bonds. The minimum absolute atomic E-state index is 0.0215. The smallest absolute Gasteiger partial charge is 0.286 e. The van der Waals surface area contributed by atoms with Gasteiger partial charge in [0.05, 0.1) is 17.3 Å². The van der Waals surface area contributed by atoms with E-state index in [1.165, 1.54) is 6.26 Å². The Hall–Kier alpha value is -3.13. The van der Waals surface area contributed by atoms with E-state index < -0.39 is 0 Å². The number of rotatable bonds is 6. The number of anilines is 1. The van der Waals surface area contributed by atoms with Crippen molar-refractivity contribution in [1.29, 1.82) is 0 Å². The number of carbonyl (C=O) groups is 2. The zero-order valence-corrected chi connectivity index (χ0v) is 14.7. The van der Waals surface area contributed by atoms with Crippen LogP contribution in [0.15, 0.2) is 41.0 Å². The summed E-state index contributed by atoms with van der Waals surface area (Å²) in [6.07, 6.45) is 3.62. The van der Waals surface area contributed by atoms with Gasteiger partial charge in [-0.1, -0.05) is 0 Å². The molecule has 0 bridgehead atoms. The van der Waals surface area contributed by atoms with Gasteiger partial charge in [0.15, 0.2) is 5.76 Å². The summed E-state index contributed by atoms with van der Waals surface area (Å²) in [7, 11) is 0. The summed E-state index contributed by atoms with van der Waals surface area (Å²) in [5.74, 6) is 0.523. The Morgan fingerprint density at radius 3 is 3.00 bits per heavy atom. The summed E-state index contributed by atoms with van der Waals surface area (Å²) in [4.78, 5) is 31.7. The van der Waals surface area contributed by atoms with Crippen LogP contribution in [0.5, 0.6) is 0 Å². The first-order valence-electron chi connectivity index (χ1n) is 8.92. The van der Waals surface area contributed by atoms with Crippen molar-refractivity contribution in [3.05, 3.63) is 48.2 Å². The summed E-state index contributed by atoms with van der Waals surface area (Å²) in [5, 5.41) is 5.47. The third-order valence-electron chi connectivity index (χ3n) is 4.40. The zero-order valence-electron chi connectivity index (χ0n) is 14.7. The zero-order chi connectivity index (χ0) is 18.6. The molecular weight excluding hydrogens is 348 g/mol. The van der Waals surface area contributed by atoms with E-state index in [0.717, 1.165) is 36.3 Å². The van der Waals surface area contributed by atoms with E-state index in [1.807, 2.05) is 18.2 Å². The van der Waals surface area contributed by atoms with Crippen LogP contribution in [0.25, 0.3) is 11.0 Å². The van der Waals surface area contributed by atoms with Crippen molar-refractivity contribution in [1.82, 2.24) is 15.3 Å². The molecule has 3 N–H and O–H groups in total. The summed E-state index contributed by atoms with van der Waals surface area (Å²) in [6, 6.07) is 8.72. The Kier molecular flexibility index (Phi) is 4.88. The van der Waals surface area contributed by atoms with Crippen molar-refractivity contribution in [2.75, 3.05) is 18.5 Å². The van der Waals surface area contributed by atoms with Gasteiger partial charge in [0.25, 0.3) is 5.91 Å². The summed E-state index contributed by atoms with van der Waals surface area (Å²) in [5.41, 5.74) is 2.36. The van der Waals surface area contributed by atoms with Crippen LogP contribution in [0.2, 0.25) is 0 Å². The third kappa shape index (κ3) is 4.01. The summed E-state index contributed by atoms with van der Waals surface area (Å²) >= 11 is 0. The van der Waals surface area contributed by atoms with Crippen LogP contribution in [0, 0.1) is 0 Å². The number of aromatic amines is 1. The lowest BCUT2D eigenvalue weighted by Crippen LogP contribution is -2.27. The summed E-state index contributed by atoms with van der Waals surface area (Å²) in [6.45, 7) is 0.986. The van der Waals surface area contributed by atoms with Gasteiger partial charge < -0.3 is 24.8 Å². The predicted octanol–water partition coefficient (Wildman–Crippen LogP) is 2.77. The van der Waals surface area contributed by atoms with E-state index in [0.29, 0.717) is 5.69 Å². The molecule has 8 heteroatoms. The molecule has 0 spiro atoms. The maximum atomic E-state index is 12.1. The highest BCUT2D eigenvalue weighted by molar-refractivity contribution is 5.94. The Labute approximate surface area is 155 Å². The minimum atomic E-state index is -0.339. The largest absolute Gasteiger partial charge is 0.459 e. The van der Waals surface area contributed by atoms with Gasteiger partial charge in [-0.05, 0) is 43.2 Å². The molecule has 140 valence electrons. The molecule has 2 aromatic heterocycles. The number of ether oxygens (including phenoxy) is 1. The average molecular weight is 368 g/mol. The molecule has 1 fully saturated rings. The van der Waals surface area contributed by atoms with E-state index in [-0.39, 0.29) is 36.6 Å². The molecule has 1 aromatic carbocycles. The quantitative estimate of drug-likeness (QED) is 0.620. The molecule has 1 atom stereocenters. The first kappa shape index (κ1) is 17.3. The first-order valence-corrected chi connectivity index (χ1v) is 8.92. The topological polar surface area (TPSA) is 109 Å². The molecular formula is C19H20N4O4. The number of carbonyl (C=O) groups excluding carboxylic acids is 2. The molecule has 0 aliphatic carbocycles. The third-order valence-corrected chi connectivity index (χ3v) is 4.40. The number of aromatic nitrogens is 2. The summed E-state index contributed by atoms with van der Waals surface area (Å²) < 4.78 is 10.6. The lowest BCUT2D eigenvalue weighted by Gasteiger charge is -2.06. The van der Waals surface area contributed by atoms with Gasteiger partial charge in [0.2, 0.25) is 5.91 Å². The normalized spacial score (nSPS) is 16.5. The molecule has 1 unspecified atom stereocenters. The van der Waals surface area contributed by atoms with E-state index in [9.17, 15) is 9.59 Å². The molecule has 4 rings (SSSR count). The van der Waals surface area contributed by atoms with Gasteiger partial charge in [-0.3, -0.25) is 9.59 Å². The highest BCUT2D eigenvalue weighted by Gasteiger charge is 2.21. The Bertz CT molecular complexity index is 942. The molecule has 0 radical (unpaired) electrons. The molecule has 27 heavy (non-hydrogen) atoms. The number of imidazole rings is 1. The average Bonchev–Trinajstić information content (AvgIpc) is 3.40. The van der Waals surface area contributed by atoms with Crippen LogP contribution in [-0.4, -0.2) is 34.9 Å². The maximum absolute atomic E-state index is 12.1. The second-order valence-electron chi connectivity index (χ2n) is 6.39. The van der Waals surface area contributed by atoms with Crippen molar-refractivity contribution in [2.24, 2.45) is 0 Å². The van der Waals surface area contributed by atoms with Gasteiger partial charge in [-0.15, -0.1) is 0 Å². The van der Waals surface area contributed by atoms with Gasteiger partial charge >= 0.3 is 0 Å². The van der Waals surface area contributed by atoms with Crippen molar-refractivity contribution in [3.8, 4) is 0 Å². The molecule has 1 aliphatic rings. The molecule has 8 nitrogen and oxygen atoms in total. The Balaban J connectivity index is 1.32. The van der Waals surface area contributed by atoms with Crippen molar-refractivity contribution >= 4 is 28.5 Å². The van der Waals surface area contributed by atoms with E-state index in [1.54, 1.807) is 12.1 Å². The molecule has 1 saturated heterocycles. The van der Waals surface area contributed by atoms with E-state index in [2.05, 4.69) is 20.6 Å². The molecule has 1 aliphatic heterocycles. The lowest BCUT2D eigenvalue weighted by molar-refractivity contribution is -0.116. The number of fused-ring (bicyclic) bond motifs is 1. The van der Waals surface area contributed by atoms with E-state index in [4.69, 9.17) is 9.15 Å². The second kappa shape index (κ2) is 7.63. The second-order valence-corrected chi connectivity index (χ2v) is 6.39. The number of nitrogens with one attached hydrogen (secondary N) is 3. The standard InChI is InChI=1S/C19H20N4O4/c24-17(7-8-20-19(25)16-4-2-10-27-16)21-12-5-6-13-14(11-12)23-18(22-13)15-3-1-9-26-15/h2,4-6,10-11,15H,1,3,7-9H2,(H,20,25)(H,21,24)(H,22,23). The number of amides is 2. The van der Waals surface area contributed by atoms with Crippen LogP contribution in [0.3, 0.4) is 0 Å². The maximum Gasteiger partial charge on any atom is 0.286 e. The number of H-pyrrole nitrogens is 1. The number of furan rings is 1. The highest BCUT2D eigenvalue weighted by atomic mass is 16.5. The molecule has 3 heterocycles.